The van der Waals surface area contributed by atoms with E-state index in [-0.39, 0.29) is 27.7 Å². The lowest BCUT2D eigenvalue weighted by molar-refractivity contribution is 0.0123. The summed E-state index contributed by atoms with van der Waals surface area (Å²) in [7, 11) is -3.73. The van der Waals surface area contributed by atoms with Gasteiger partial charge in [0.25, 0.3) is 0 Å². The predicted molar refractivity (Wildman–Crippen MR) is 81.9 cm³/mol. The Morgan fingerprint density at radius 2 is 2.19 bits per heavy atom. The summed E-state index contributed by atoms with van der Waals surface area (Å²) in [4.78, 5) is -0.0639. The third-order valence-corrected chi connectivity index (χ3v) is 5.79. The summed E-state index contributed by atoms with van der Waals surface area (Å²) >= 11 is 3.05. The number of nitrogen functional groups attached to an aromatic ring is 1. The molecule has 1 aromatic carbocycles. The molecule has 1 atom stereocenters. The number of rotatable bonds is 5. The molecule has 1 aliphatic heterocycles. The van der Waals surface area contributed by atoms with Crippen molar-refractivity contribution in [1.82, 2.24) is 4.72 Å². The van der Waals surface area contributed by atoms with Crippen LogP contribution in [0.3, 0.4) is 0 Å². The van der Waals surface area contributed by atoms with Gasteiger partial charge in [-0.3, -0.25) is 0 Å². The molecule has 21 heavy (non-hydrogen) atoms. The van der Waals surface area contributed by atoms with E-state index in [0.717, 1.165) is 38.0 Å². The van der Waals surface area contributed by atoms with Crippen LogP contribution in [0.15, 0.2) is 21.5 Å². The Balaban J connectivity index is 1.99. The summed E-state index contributed by atoms with van der Waals surface area (Å²) < 4.78 is 45.8. The van der Waals surface area contributed by atoms with Gasteiger partial charge in [-0.2, -0.15) is 0 Å². The normalized spacial score (nSPS) is 19.6. The minimum absolute atomic E-state index is 0.0639. The van der Waals surface area contributed by atoms with Crippen LogP contribution in [0.1, 0.15) is 25.7 Å². The number of nitrogens with one attached hydrogen (secondary N) is 1. The van der Waals surface area contributed by atoms with Crippen molar-refractivity contribution < 1.29 is 17.5 Å². The van der Waals surface area contributed by atoms with Crippen LogP contribution in [0.5, 0.6) is 0 Å². The highest BCUT2D eigenvalue weighted by Gasteiger charge is 2.21. The summed E-state index contributed by atoms with van der Waals surface area (Å²) in [6.45, 7) is 1.01. The minimum atomic E-state index is -3.73. The number of anilines is 1. The number of sulfonamides is 1. The maximum atomic E-state index is 13.3. The van der Waals surface area contributed by atoms with Crippen LogP contribution in [0.25, 0.3) is 0 Å². The second kappa shape index (κ2) is 7.04. The van der Waals surface area contributed by atoms with Gasteiger partial charge in [0.1, 0.15) is 5.82 Å². The largest absolute Gasteiger partial charge is 0.396 e. The molecule has 1 saturated heterocycles. The fraction of sp³-hybridized carbons (Fsp3) is 0.538. The fourth-order valence-electron chi connectivity index (χ4n) is 2.22. The zero-order valence-corrected chi connectivity index (χ0v) is 13.8. The fourth-order valence-corrected chi connectivity index (χ4v) is 4.31. The van der Waals surface area contributed by atoms with Crippen molar-refractivity contribution in [2.75, 3.05) is 18.9 Å². The highest BCUT2D eigenvalue weighted by molar-refractivity contribution is 9.10. The Morgan fingerprint density at radius 1 is 1.43 bits per heavy atom. The molecule has 0 aromatic heterocycles. The Kier molecular flexibility index (Phi) is 5.59. The molecule has 0 aliphatic carbocycles. The lowest BCUT2D eigenvalue weighted by atomic mass is 10.1. The van der Waals surface area contributed by atoms with E-state index < -0.39 is 15.8 Å². The minimum Gasteiger partial charge on any atom is -0.396 e. The maximum Gasteiger partial charge on any atom is 0.241 e. The summed E-state index contributed by atoms with van der Waals surface area (Å²) in [5.74, 6) is -0.656. The lowest BCUT2D eigenvalue weighted by Gasteiger charge is -2.22. The molecule has 0 spiro atoms. The van der Waals surface area contributed by atoms with Gasteiger partial charge >= 0.3 is 0 Å². The van der Waals surface area contributed by atoms with Crippen molar-refractivity contribution in [3.8, 4) is 0 Å². The zero-order chi connectivity index (χ0) is 15.5. The Bertz CT molecular complexity index is 604. The van der Waals surface area contributed by atoms with Crippen LogP contribution in [-0.2, 0) is 14.8 Å². The highest BCUT2D eigenvalue weighted by Crippen LogP contribution is 2.26. The molecule has 1 aliphatic rings. The number of ether oxygens (including phenoxy) is 1. The quantitative estimate of drug-likeness (QED) is 0.768. The first-order chi connectivity index (χ1) is 9.90. The molecular formula is C13H18BrFN2O3S. The second-order valence-corrected chi connectivity index (χ2v) is 7.57. The van der Waals surface area contributed by atoms with Gasteiger partial charge in [0.05, 0.1) is 16.7 Å². The lowest BCUT2D eigenvalue weighted by Crippen LogP contribution is -2.29. The van der Waals surface area contributed by atoms with E-state index in [1.807, 2.05) is 0 Å². The first kappa shape index (κ1) is 16.7. The first-order valence-electron chi connectivity index (χ1n) is 6.76. The van der Waals surface area contributed by atoms with E-state index in [9.17, 15) is 12.8 Å². The van der Waals surface area contributed by atoms with E-state index in [1.54, 1.807) is 0 Å². The zero-order valence-electron chi connectivity index (χ0n) is 11.4. The molecule has 3 N–H and O–H groups in total. The Labute approximate surface area is 132 Å². The van der Waals surface area contributed by atoms with Gasteiger partial charge in [0.2, 0.25) is 10.0 Å². The summed E-state index contributed by atoms with van der Waals surface area (Å²) in [6.07, 6.45) is 3.84. The average molecular weight is 381 g/mol. The van der Waals surface area contributed by atoms with Crippen molar-refractivity contribution in [2.24, 2.45) is 0 Å². The number of halogens is 2. The number of hydrogen-bond donors (Lipinski definition) is 2. The Morgan fingerprint density at radius 3 is 2.86 bits per heavy atom. The molecule has 1 fully saturated rings. The van der Waals surface area contributed by atoms with Crippen LogP contribution in [0, 0.1) is 5.82 Å². The monoisotopic (exact) mass is 380 g/mol. The summed E-state index contributed by atoms with van der Waals surface area (Å²) in [6, 6.07) is 2.16. The van der Waals surface area contributed by atoms with Crippen LogP contribution in [0.4, 0.5) is 10.1 Å². The molecule has 0 saturated carbocycles. The van der Waals surface area contributed by atoms with Crippen molar-refractivity contribution >= 4 is 31.6 Å². The predicted octanol–water partition coefficient (Wildman–Crippen LogP) is 2.41. The maximum absolute atomic E-state index is 13.3. The van der Waals surface area contributed by atoms with Crippen molar-refractivity contribution in [3.63, 3.8) is 0 Å². The van der Waals surface area contributed by atoms with Crippen molar-refractivity contribution in [2.45, 2.75) is 36.7 Å². The molecule has 5 nitrogen and oxygen atoms in total. The van der Waals surface area contributed by atoms with Gasteiger partial charge in [0.15, 0.2) is 0 Å². The highest BCUT2D eigenvalue weighted by atomic mass is 79.9. The van der Waals surface area contributed by atoms with Crippen LogP contribution in [0.2, 0.25) is 0 Å². The van der Waals surface area contributed by atoms with Crippen molar-refractivity contribution in [3.05, 3.63) is 22.4 Å². The van der Waals surface area contributed by atoms with E-state index in [2.05, 4.69) is 20.7 Å². The molecule has 0 radical (unpaired) electrons. The van der Waals surface area contributed by atoms with E-state index in [1.165, 1.54) is 0 Å². The topological polar surface area (TPSA) is 81.4 Å². The molecule has 1 unspecified atom stereocenters. The molecule has 0 amide bonds. The second-order valence-electron chi connectivity index (χ2n) is 4.98. The molecule has 118 valence electrons. The Hall–Kier alpha value is -0.700. The molecule has 1 heterocycles. The van der Waals surface area contributed by atoms with E-state index >= 15 is 0 Å². The van der Waals surface area contributed by atoms with Crippen LogP contribution in [-0.4, -0.2) is 27.7 Å². The van der Waals surface area contributed by atoms with Crippen LogP contribution < -0.4 is 10.5 Å². The number of benzene rings is 1. The number of hydrogen-bond acceptors (Lipinski definition) is 4. The van der Waals surface area contributed by atoms with E-state index in [4.69, 9.17) is 10.5 Å². The summed E-state index contributed by atoms with van der Waals surface area (Å²) in [5, 5.41) is 0. The van der Waals surface area contributed by atoms with E-state index in [0.29, 0.717) is 6.42 Å². The smallest absolute Gasteiger partial charge is 0.241 e. The van der Waals surface area contributed by atoms with Gasteiger partial charge in [-0.1, -0.05) is 0 Å². The SMILES string of the molecule is Nc1cc(S(=O)(=O)NCCC2CCCCO2)c(Br)cc1F. The molecule has 0 bridgehead atoms. The van der Waals surface area contributed by atoms with Gasteiger partial charge in [-0.15, -0.1) is 0 Å². The van der Waals surface area contributed by atoms with Crippen LogP contribution >= 0.6 is 15.9 Å². The third kappa shape index (κ3) is 4.38. The first-order valence-corrected chi connectivity index (χ1v) is 9.03. The third-order valence-electron chi connectivity index (χ3n) is 3.37. The van der Waals surface area contributed by atoms with Crippen molar-refractivity contribution in [1.29, 1.82) is 0 Å². The number of nitrogens with two attached hydrogens (primary N) is 1. The molecular weight excluding hydrogens is 363 g/mol. The molecule has 8 heteroatoms. The average Bonchev–Trinajstić information content (AvgIpc) is 2.43. The standard InChI is InChI=1S/C13H18BrFN2O3S/c14-10-7-11(15)12(16)8-13(10)21(18,19)17-5-4-9-3-1-2-6-20-9/h7-9,17H,1-6,16H2. The molecule has 1 aromatic rings. The van der Waals surface area contributed by atoms with Gasteiger partial charge in [0, 0.05) is 17.6 Å². The van der Waals surface area contributed by atoms with Gasteiger partial charge in [-0.25, -0.2) is 17.5 Å². The summed E-state index contributed by atoms with van der Waals surface area (Å²) in [5.41, 5.74) is 5.22. The molecule has 2 rings (SSSR count). The van der Waals surface area contributed by atoms with Gasteiger partial charge < -0.3 is 10.5 Å². The van der Waals surface area contributed by atoms with Gasteiger partial charge in [-0.05, 0) is 53.7 Å².